The molecule has 0 amide bonds. The molecule has 41 heavy (non-hydrogen) atoms. The van der Waals surface area contributed by atoms with Gasteiger partial charge < -0.3 is 13.4 Å². The van der Waals surface area contributed by atoms with E-state index in [-0.39, 0.29) is 5.92 Å². The molecule has 0 saturated heterocycles. The third-order valence-electron chi connectivity index (χ3n) is 9.12. The number of hydrogen-bond acceptors (Lipinski definition) is 3. The predicted octanol–water partition coefficient (Wildman–Crippen LogP) is 7.92. The van der Waals surface area contributed by atoms with Crippen LogP contribution >= 0.6 is 0 Å². The van der Waals surface area contributed by atoms with Gasteiger partial charge in [0.15, 0.2) is 11.0 Å². The molecule has 2 aliphatic rings. The Balaban J connectivity index is 1.41. The van der Waals surface area contributed by atoms with E-state index in [4.69, 9.17) is 8.83 Å². The first-order valence-corrected chi connectivity index (χ1v) is 13.9. The molecule has 4 heteroatoms. The lowest BCUT2D eigenvalue weighted by Gasteiger charge is -2.17. The van der Waals surface area contributed by atoms with E-state index in [9.17, 15) is 5.26 Å². The number of nitrogens with zero attached hydrogens (tertiary/aromatic N) is 2. The Hall–Kier alpha value is -5.53. The number of furan rings is 2. The van der Waals surface area contributed by atoms with Crippen LogP contribution in [0.4, 0.5) is 0 Å². The minimum Gasteiger partial charge on any atom is -0.454 e. The Kier molecular flexibility index (Phi) is 3.82. The van der Waals surface area contributed by atoms with Gasteiger partial charge in [0.1, 0.15) is 11.2 Å². The minimum atomic E-state index is 0.169. The third kappa shape index (κ3) is 2.59. The number of nitriles is 1. The van der Waals surface area contributed by atoms with Crippen LogP contribution in [0.3, 0.4) is 0 Å². The SMILES string of the molecule is N#Cc1ccc(-c2cc3c4c(c2)c2ccc5c6ccccc6oc5c2n4C2=c4oc5ccccc5c4=CCC23)cc1. The quantitative estimate of drug-likeness (QED) is 0.219. The Labute approximate surface area is 233 Å². The van der Waals surface area contributed by atoms with Gasteiger partial charge in [0, 0.05) is 38.1 Å². The molecular formula is C37H20N2O2. The highest BCUT2D eigenvalue weighted by atomic mass is 16.3. The molecule has 190 valence electrons. The van der Waals surface area contributed by atoms with Gasteiger partial charge in [0.25, 0.3) is 0 Å². The van der Waals surface area contributed by atoms with E-state index in [1.165, 1.54) is 32.8 Å². The number of para-hydroxylation sites is 2. The Morgan fingerprint density at radius 1 is 0.683 bits per heavy atom. The van der Waals surface area contributed by atoms with Crippen LogP contribution in [0.15, 0.2) is 106 Å². The van der Waals surface area contributed by atoms with Crippen molar-refractivity contribution in [3.8, 4) is 17.2 Å². The second-order valence-corrected chi connectivity index (χ2v) is 11.1. The average molecular weight is 525 g/mol. The Morgan fingerprint density at radius 3 is 2.27 bits per heavy atom. The van der Waals surface area contributed by atoms with Crippen molar-refractivity contribution in [3.05, 3.63) is 119 Å². The molecule has 4 heterocycles. The normalized spacial score (nSPS) is 15.6. The lowest BCUT2D eigenvalue weighted by Crippen LogP contribution is -2.30. The van der Waals surface area contributed by atoms with E-state index >= 15 is 0 Å². The summed E-state index contributed by atoms with van der Waals surface area (Å²) in [5.41, 5.74) is 11.4. The molecule has 0 N–H and O–H groups in total. The highest BCUT2D eigenvalue weighted by Crippen LogP contribution is 2.51. The zero-order chi connectivity index (χ0) is 26.8. The lowest BCUT2D eigenvalue weighted by molar-refractivity contribution is 0.561. The molecule has 0 bridgehead atoms. The van der Waals surface area contributed by atoms with Crippen molar-refractivity contribution in [1.29, 1.82) is 5.26 Å². The highest BCUT2D eigenvalue weighted by molar-refractivity contribution is 6.24. The van der Waals surface area contributed by atoms with Gasteiger partial charge in [-0.3, -0.25) is 0 Å². The molecule has 0 radical (unpaired) electrons. The van der Waals surface area contributed by atoms with Crippen molar-refractivity contribution >= 4 is 66.5 Å². The second kappa shape index (κ2) is 7.35. The second-order valence-electron chi connectivity index (χ2n) is 11.1. The summed E-state index contributed by atoms with van der Waals surface area (Å²) in [4.78, 5) is 0. The smallest absolute Gasteiger partial charge is 0.160 e. The van der Waals surface area contributed by atoms with Crippen LogP contribution in [-0.2, 0) is 0 Å². The van der Waals surface area contributed by atoms with Crippen LogP contribution in [0.5, 0.6) is 0 Å². The average Bonchev–Trinajstić information content (AvgIpc) is 3.76. The molecule has 10 rings (SSSR count). The molecule has 1 aliphatic carbocycles. The molecule has 0 fully saturated rings. The summed E-state index contributed by atoms with van der Waals surface area (Å²) >= 11 is 0. The topological polar surface area (TPSA) is 55.0 Å². The van der Waals surface area contributed by atoms with Gasteiger partial charge in [-0.15, -0.1) is 0 Å². The first kappa shape index (κ1) is 21.3. The molecule has 3 aromatic heterocycles. The molecule has 1 atom stereocenters. The third-order valence-corrected chi connectivity index (χ3v) is 9.12. The van der Waals surface area contributed by atoms with E-state index in [1.54, 1.807) is 0 Å². The maximum absolute atomic E-state index is 9.34. The van der Waals surface area contributed by atoms with Crippen LogP contribution in [0.2, 0.25) is 0 Å². The molecular weight excluding hydrogens is 504 g/mol. The zero-order valence-electron chi connectivity index (χ0n) is 21.8. The Bertz CT molecular complexity index is 2620. The first-order valence-electron chi connectivity index (χ1n) is 13.9. The molecule has 4 nitrogen and oxygen atoms in total. The fourth-order valence-corrected chi connectivity index (χ4v) is 7.34. The van der Waals surface area contributed by atoms with Gasteiger partial charge in [-0.1, -0.05) is 60.7 Å². The number of aromatic nitrogens is 1. The summed E-state index contributed by atoms with van der Waals surface area (Å²) in [5.74, 6) is 0.169. The van der Waals surface area contributed by atoms with Gasteiger partial charge >= 0.3 is 0 Å². The predicted molar refractivity (Wildman–Crippen MR) is 163 cm³/mol. The van der Waals surface area contributed by atoms with Gasteiger partial charge in [0.2, 0.25) is 0 Å². The van der Waals surface area contributed by atoms with E-state index in [2.05, 4.69) is 71.3 Å². The van der Waals surface area contributed by atoms with Gasteiger partial charge in [-0.2, -0.15) is 5.26 Å². The van der Waals surface area contributed by atoms with Crippen LogP contribution in [0.25, 0.3) is 77.6 Å². The van der Waals surface area contributed by atoms with Crippen molar-refractivity contribution < 1.29 is 8.83 Å². The maximum Gasteiger partial charge on any atom is 0.160 e. The maximum atomic E-state index is 9.34. The molecule has 8 aromatic rings. The fraction of sp³-hybridized carbons (Fsp3) is 0.0541. The Morgan fingerprint density at radius 2 is 1.44 bits per heavy atom. The summed E-state index contributed by atoms with van der Waals surface area (Å²) in [6.07, 6.45) is 3.25. The lowest BCUT2D eigenvalue weighted by atomic mass is 9.88. The summed E-state index contributed by atoms with van der Waals surface area (Å²) in [5, 5.41) is 16.3. The largest absolute Gasteiger partial charge is 0.454 e. The van der Waals surface area contributed by atoms with Gasteiger partial charge in [-0.05, 0) is 65.6 Å². The van der Waals surface area contributed by atoms with Crippen molar-refractivity contribution in [2.75, 3.05) is 0 Å². The number of hydrogen-bond donors (Lipinski definition) is 0. The fourth-order valence-electron chi connectivity index (χ4n) is 7.34. The van der Waals surface area contributed by atoms with Crippen molar-refractivity contribution in [3.63, 3.8) is 0 Å². The first-order chi connectivity index (χ1) is 20.3. The van der Waals surface area contributed by atoms with E-state index in [0.29, 0.717) is 5.56 Å². The zero-order valence-corrected chi connectivity index (χ0v) is 21.8. The summed E-state index contributed by atoms with van der Waals surface area (Å²) < 4.78 is 15.7. The van der Waals surface area contributed by atoms with Gasteiger partial charge in [-0.25, -0.2) is 0 Å². The number of benzene rings is 5. The van der Waals surface area contributed by atoms with E-state index in [1.807, 2.05) is 42.5 Å². The minimum absolute atomic E-state index is 0.169. The monoisotopic (exact) mass is 524 g/mol. The standard InChI is InChI=1S/C37H20N2O2/c38-19-20-9-11-21(12-10-20)22-17-29-25-13-15-27-23-5-1-3-7-31(23)40-36(27)34(25)39-33(29)30(18-22)26-14-16-28-24-6-2-4-8-32(24)41-37(28)35(26)39/h1-13,15-18,26H,14H2. The number of fused-ring (bicyclic) bond motifs is 13. The van der Waals surface area contributed by atoms with Crippen molar-refractivity contribution in [2.24, 2.45) is 0 Å². The summed E-state index contributed by atoms with van der Waals surface area (Å²) in [7, 11) is 0. The van der Waals surface area contributed by atoms with E-state index < -0.39 is 0 Å². The molecule has 1 aliphatic heterocycles. The molecule has 1 unspecified atom stereocenters. The van der Waals surface area contributed by atoms with Crippen LogP contribution < -0.4 is 10.6 Å². The molecule has 0 spiro atoms. The van der Waals surface area contributed by atoms with Gasteiger partial charge in [0.05, 0.1) is 28.4 Å². The summed E-state index contributed by atoms with van der Waals surface area (Å²) in [6, 6.07) is 35.8. The van der Waals surface area contributed by atoms with Crippen LogP contribution in [0, 0.1) is 11.3 Å². The van der Waals surface area contributed by atoms with E-state index in [0.717, 1.165) is 61.4 Å². The summed E-state index contributed by atoms with van der Waals surface area (Å²) in [6.45, 7) is 0. The van der Waals surface area contributed by atoms with Crippen molar-refractivity contribution in [2.45, 2.75) is 12.3 Å². The molecule has 0 saturated carbocycles. The van der Waals surface area contributed by atoms with Crippen molar-refractivity contribution in [1.82, 2.24) is 4.57 Å². The highest BCUT2D eigenvalue weighted by Gasteiger charge is 2.36. The van der Waals surface area contributed by atoms with Crippen LogP contribution in [0.1, 0.15) is 23.5 Å². The number of rotatable bonds is 1. The van der Waals surface area contributed by atoms with Crippen LogP contribution in [-0.4, -0.2) is 4.57 Å². The molecule has 5 aromatic carbocycles.